The molecule has 0 aliphatic heterocycles. The Hall–Kier alpha value is -2.15. The Morgan fingerprint density at radius 1 is 1.53 bits per heavy atom. The second-order valence-corrected chi connectivity index (χ2v) is 3.44. The topological polar surface area (TPSA) is 119 Å². The van der Waals surface area contributed by atoms with Crippen molar-refractivity contribution in [2.75, 3.05) is 7.11 Å². The van der Waals surface area contributed by atoms with Gasteiger partial charge in [0.15, 0.2) is 5.41 Å². The minimum atomic E-state index is -1.77. The third-order valence-corrected chi connectivity index (χ3v) is 2.52. The maximum atomic E-state index is 11.5. The molecule has 0 radical (unpaired) electrons. The van der Waals surface area contributed by atoms with Crippen molar-refractivity contribution in [1.82, 2.24) is 5.43 Å². The first-order valence-electron chi connectivity index (χ1n) is 4.70. The standard InChI is InChI=1S/C10H12N2O5/c1-17-9(16)10(8(14)15)4-2-6(3-5-10)7(13)12-11/h2-4H,5,11H2,1H3,(H,12,13)(H,14,15). The minimum Gasteiger partial charge on any atom is -0.480 e. The monoisotopic (exact) mass is 240 g/mol. The van der Waals surface area contributed by atoms with Gasteiger partial charge in [-0.25, -0.2) is 5.84 Å². The van der Waals surface area contributed by atoms with E-state index in [9.17, 15) is 14.4 Å². The number of carboxylic acids is 1. The number of hydrogen-bond donors (Lipinski definition) is 3. The van der Waals surface area contributed by atoms with Crippen LogP contribution in [0, 0.1) is 5.41 Å². The van der Waals surface area contributed by atoms with E-state index in [0.717, 1.165) is 13.2 Å². The van der Waals surface area contributed by atoms with Crippen molar-refractivity contribution in [3.63, 3.8) is 0 Å². The van der Waals surface area contributed by atoms with Gasteiger partial charge in [0.05, 0.1) is 7.11 Å². The average molecular weight is 240 g/mol. The fourth-order valence-electron chi connectivity index (χ4n) is 1.47. The summed E-state index contributed by atoms with van der Waals surface area (Å²) in [6.07, 6.45) is 3.53. The number of rotatable bonds is 3. The molecule has 7 nitrogen and oxygen atoms in total. The first-order valence-corrected chi connectivity index (χ1v) is 4.70. The Kier molecular flexibility index (Phi) is 3.64. The number of carbonyl (C=O) groups excluding carboxylic acids is 2. The maximum absolute atomic E-state index is 11.5. The van der Waals surface area contributed by atoms with Crippen molar-refractivity contribution in [3.05, 3.63) is 23.8 Å². The minimum absolute atomic E-state index is 0.158. The predicted octanol–water partition coefficient (Wildman–Crippen LogP) is -0.893. The van der Waals surface area contributed by atoms with Gasteiger partial charge in [0, 0.05) is 5.57 Å². The SMILES string of the molecule is COC(=O)C1(C(=O)O)C=CC(C(=O)NN)=CC1. The van der Waals surface area contributed by atoms with Gasteiger partial charge in [-0.15, -0.1) is 0 Å². The summed E-state index contributed by atoms with van der Waals surface area (Å²) in [4.78, 5) is 33.8. The average Bonchev–Trinajstić information content (AvgIpc) is 2.36. The van der Waals surface area contributed by atoms with E-state index in [1.54, 1.807) is 0 Å². The number of hydrogen-bond acceptors (Lipinski definition) is 5. The zero-order valence-corrected chi connectivity index (χ0v) is 9.10. The van der Waals surface area contributed by atoms with E-state index in [2.05, 4.69) is 4.74 Å². The van der Waals surface area contributed by atoms with E-state index in [0.29, 0.717) is 0 Å². The summed E-state index contributed by atoms with van der Waals surface area (Å²) in [5.41, 5.74) is 0.344. The number of aliphatic carboxylic acids is 1. The molecule has 0 aromatic heterocycles. The van der Waals surface area contributed by atoms with Gasteiger partial charge >= 0.3 is 11.9 Å². The van der Waals surface area contributed by atoms with Crippen molar-refractivity contribution in [2.45, 2.75) is 6.42 Å². The van der Waals surface area contributed by atoms with Crippen molar-refractivity contribution >= 4 is 17.8 Å². The van der Waals surface area contributed by atoms with Crippen molar-refractivity contribution in [1.29, 1.82) is 0 Å². The molecule has 0 spiro atoms. The molecular weight excluding hydrogens is 228 g/mol. The quantitative estimate of drug-likeness (QED) is 0.193. The van der Waals surface area contributed by atoms with Gasteiger partial charge in [-0.2, -0.15) is 0 Å². The molecule has 1 atom stereocenters. The Morgan fingerprint density at radius 2 is 2.18 bits per heavy atom. The first kappa shape index (κ1) is 12.9. The van der Waals surface area contributed by atoms with Crippen LogP contribution in [0.3, 0.4) is 0 Å². The number of nitrogens with two attached hydrogens (primary N) is 1. The highest BCUT2D eigenvalue weighted by Crippen LogP contribution is 2.31. The van der Waals surface area contributed by atoms with Crippen LogP contribution >= 0.6 is 0 Å². The van der Waals surface area contributed by atoms with Gasteiger partial charge in [0.2, 0.25) is 0 Å². The number of carboxylic acid groups (broad SMARTS) is 1. The smallest absolute Gasteiger partial charge is 0.327 e. The molecule has 1 rings (SSSR count). The third-order valence-electron chi connectivity index (χ3n) is 2.52. The summed E-state index contributed by atoms with van der Waals surface area (Å²) in [5.74, 6) is 2.17. The number of esters is 1. The summed E-state index contributed by atoms with van der Waals surface area (Å²) in [7, 11) is 1.10. The molecule has 0 aromatic rings. The number of carbonyl (C=O) groups is 3. The first-order chi connectivity index (χ1) is 7.97. The predicted molar refractivity (Wildman–Crippen MR) is 56.3 cm³/mol. The lowest BCUT2D eigenvalue weighted by Gasteiger charge is -2.24. The van der Waals surface area contributed by atoms with Crippen LogP contribution in [0.1, 0.15) is 6.42 Å². The van der Waals surface area contributed by atoms with E-state index in [1.165, 1.54) is 12.2 Å². The van der Waals surface area contributed by atoms with Crippen molar-refractivity contribution < 1.29 is 24.2 Å². The van der Waals surface area contributed by atoms with Crippen LogP contribution < -0.4 is 11.3 Å². The van der Waals surface area contributed by atoms with E-state index < -0.39 is 23.3 Å². The second-order valence-electron chi connectivity index (χ2n) is 3.44. The van der Waals surface area contributed by atoms with Gasteiger partial charge in [0.1, 0.15) is 0 Å². The summed E-state index contributed by atoms with van der Waals surface area (Å²) < 4.78 is 4.45. The van der Waals surface area contributed by atoms with E-state index >= 15 is 0 Å². The zero-order valence-electron chi connectivity index (χ0n) is 9.10. The Morgan fingerprint density at radius 3 is 2.53 bits per heavy atom. The van der Waals surface area contributed by atoms with Crippen LogP contribution in [0.5, 0.6) is 0 Å². The van der Waals surface area contributed by atoms with Gasteiger partial charge < -0.3 is 9.84 Å². The van der Waals surface area contributed by atoms with E-state index in [4.69, 9.17) is 10.9 Å². The van der Waals surface area contributed by atoms with Crippen molar-refractivity contribution in [2.24, 2.45) is 11.3 Å². The number of amides is 1. The highest BCUT2D eigenvalue weighted by Gasteiger charge is 2.45. The number of ether oxygens (including phenoxy) is 1. The normalized spacial score (nSPS) is 22.6. The number of methoxy groups -OCH3 is 1. The summed E-state index contributed by atoms with van der Waals surface area (Å²) in [6.45, 7) is 0. The molecule has 0 heterocycles. The highest BCUT2D eigenvalue weighted by molar-refractivity contribution is 6.04. The molecule has 92 valence electrons. The summed E-state index contributed by atoms with van der Waals surface area (Å²) in [6, 6.07) is 0. The largest absolute Gasteiger partial charge is 0.480 e. The molecule has 1 unspecified atom stereocenters. The van der Waals surface area contributed by atoms with E-state index in [1.807, 2.05) is 5.43 Å². The molecule has 7 heteroatoms. The number of allylic oxidation sites excluding steroid dienone is 1. The lowest BCUT2D eigenvalue weighted by Crippen LogP contribution is -2.40. The molecule has 0 saturated carbocycles. The molecule has 17 heavy (non-hydrogen) atoms. The van der Waals surface area contributed by atoms with Crippen LogP contribution in [0.25, 0.3) is 0 Å². The zero-order chi connectivity index (χ0) is 13.1. The molecule has 1 amide bonds. The molecule has 0 bridgehead atoms. The summed E-state index contributed by atoms with van der Waals surface area (Å²) in [5, 5.41) is 9.07. The van der Waals surface area contributed by atoms with Crippen LogP contribution in [-0.4, -0.2) is 30.1 Å². The van der Waals surface area contributed by atoms with Gasteiger partial charge in [-0.1, -0.05) is 18.2 Å². The van der Waals surface area contributed by atoms with Gasteiger partial charge in [-0.3, -0.25) is 19.8 Å². The molecule has 0 aromatic carbocycles. The van der Waals surface area contributed by atoms with Gasteiger partial charge in [-0.05, 0) is 6.42 Å². The molecule has 0 fully saturated rings. The molecule has 1 aliphatic carbocycles. The highest BCUT2D eigenvalue weighted by atomic mass is 16.5. The van der Waals surface area contributed by atoms with Crippen LogP contribution in [0.4, 0.5) is 0 Å². The Labute approximate surface area is 96.9 Å². The van der Waals surface area contributed by atoms with E-state index in [-0.39, 0.29) is 12.0 Å². The van der Waals surface area contributed by atoms with Crippen LogP contribution in [0.15, 0.2) is 23.8 Å². The van der Waals surface area contributed by atoms with Gasteiger partial charge in [0.25, 0.3) is 5.91 Å². The lowest BCUT2D eigenvalue weighted by atomic mass is 9.80. The van der Waals surface area contributed by atoms with Crippen molar-refractivity contribution in [3.8, 4) is 0 Å². The number of hydrazine groups is 1. The van der Waals surface area contributed by atoms with Crippen LogP contribution in [-0.2, 0) is 19.1 Å². The second kappa shape index (κ2) is 4.79. The third kappa shape index (κ3) is 2.18. The maximum Gasteiger partial charge on any atom is 0.327 e. The van der Waals surface area contributed by atoms with Crippen LogP contribution in [0.2, 0.25) is 0 Å². The number of nitrogens with one attached hydrogen (secondary N) is 1. The Balaban J connectivity index is 3.02. The Bertz CT molecular complexity index is 426. The molecule has 0 saturated heterocycles. The molecule has 4 N–H and O–H groups in total. The summed E-state index contributed by atoms with van der Waals surface area (Å²) >= 11 is 0. The molecular formula is C10H12N2O5. The molecule has 1 aliphatic rings. The fourth-order valence-corrected chi connectivity index (χ4v) is 1.47. The lowest BCUT2D eigenvalue weighted by molar-refractivity contribution is -0.162. The fraction of sp³-hybridized carbons (Fsp3) is 0.300.